The Labute approximate surface area is 183 Å². The van der Waals surface area contributed by atoms with Gasteiger partial charge in [0, 0.05) is 17.5 Å². The smallest absolute Gasteiger partial charge is 0.416 e. The van der Waals surface area contributed by atoms with Crippen LogP contribution in [0.25, 0.3) is 11.3 Å². The molecule has 2 saturated carbocycles. The van der Waals surface area contributed by atoms with E-state index in [1.165, 1.54) is 6.07 Å². The number of hydrogen-bond donors (Lipinski definition) is 3. The number of benzene rings is 1. The largest absolute Gasteiger partial charge is 0.507 e. The summed E-state index contributed by atoms with van der Waals surface area (Å²) in [5.41, 5.74) is 1.02. The van der Waals surface area contributed by atoms with Gasteiger partial charge < -0.3 is 20.3 Å². The number of nitrogens with zero attached hydrogens (tertiary/aromatic N) is 2. The number of phenolic OH excluding ortho intramolecular Hbond substituents is 1. The van der Waals surface area contributed by atoms with Gasteiger partial charge in [-0.05, 0) is 56.4 Å². The molecule has 0 radical (unpaired) electrons. The highest BCUT2D eigenvalue weighted by Gasteiger charge is 2.50. The minimum Gasteiger partial charge on any atom is -0.507 e. The lowest BCUT2D eigenvalue weighted by Crippen LogP contribution is -2.38. The zero-order valence-corrected chi connectivity index (χ0v) is 17.7. The average Bonchev–Trinajstić information content (AvgIpc) is 3.47. The molecule has 0 saturated heterocycles. The van der Waals surface area contributed by atoms with Gasteiger partial charge in [0.1, 0.15) is 11.4 Å². The third kappa shape index (κ3) is 3.81. The Morgan fingerprint density at radius 3 is 2.56 bits per heavy atom. The second-order valence-electron chi connectivity index (χ2n) is 9.24. The van der Waals surface area contributed by atoms with Gasteiger partial charge in [0.05, 0.1) is 29.4 Å². The summed E-state index contributed by atoms with van der Waals surface area (Å²) in [5, 5.41) is 32.9. The van der Waals surface area contributed by atoms with Crippen LogP contribution in [0.2, 0.25) is 0 Å². The van der Waals surface area contributed by atoms with Gasteiger partial charge in [-0.2, -0.15) is 13.2 Å². The number of hydrogen-bond acceptors (Lipinski definition) is 6. The number of aliphatic hydroxyl groups excluding tert-OH is 1. The Balaban J connectivity index is 1.58. The van der Waals surface area contributed by atoms with Crippen LogP contribution < -0.4 is 5.32 Å². The minimum absolute atomic E-state index is 0.142. The second-order valence-corrected chi connectivity index (χ2v) is 9.24. The monoisotopic (exact) mass is 449 g/mol. The summed E-state index contributed by atoms with van der Waals surface area (Å²) >= 11 is 0. The Morgan fingerprint density at radius 2 is 1.91 bits per heavy atom. The van der Waals surface area contributed by atoms with Crippen molar-refractivity contribution in [3.05, 3.63) is 34.9 Å². The minimum atomic E-state index is -4.55. The summed E-state index contributed by atoms with van der Waals surface area (Å²) in [4.78, 5) is 0. The molecular formula is C23H26F3N3O3. The van der Waals surface area contributed by atoms with E-state index < -0.39 is 23.6 Å². The molecule has 2 fully saturated rings. The number of fused-ring (bicyclic) bond motifs is 1. The number of aliphatic hydroxyl groups is 1. The molecule has 172 valence electrons. The van der Waals surface area contributed by atoms with Crippen LogP contribution in [0.4, 0.5) is 19.0 Å². The molecule has 2 aliphatic carbocycles. The molecular weight excluding hydrogens is 423 g/mol. The third-order valence-corrected chi connectivity index (χ3v) is 6.89. The van der Waals surface area contributed by atoms with Gasteiger partial charge in [-0.1, -0.05) is 12.8 Å². The van der Waals surface area contributed by atoms with Gasteiger partial charge in [0.25, 0.3) is 0 Å². The number of nitrogens with one attached hydrogen (secondary N) is 1. The fraction of sp³-hybridized carbons (Fsp3) is 0.565. The number of ether oxygens (including phenoxy) is 1. The van der Waals surface area contributed by atoms with E-state index >= 15 is 0 Å². The summed E-state index contributed by atoms with van der Waals surface area (Å²) in [6.45, 7) is 1.93. The van der Waals surface area contributed by atoms with E-state index in [0.717, 1.165) is 61.8 Å². The van der Waals surface area contributed by atoms with Crippen LogP contribution in [0.1, 0.15) is 68.2 Å². The summed E-state index contributed by atoms with van der Waals surface area (Å²) in [5.74, 6) is 0.0489. The zero-order chi connectivity index (χ0) is 22.7. The van der Waals surface area contributed by atoms with E-state index in [4.69, 9.17) is 4.74 Å². The van der Waals surface area contributed by atoms with Gasteiger partial charge in [0.15, 0.2) is 5.82 Å². The molecule has 3 atom stereocenters. The predicted octanol–water partition coefficient (Wildman–Crippen LogP) is 4.75. The standard InChI is InChI=1S/C23H26F3N3O3/c1-12-19-15(11-22(32-12)8-9-22)20(14-7-6-13(10-18(14)31)23(24,25)26)28-29-21(19)27-16-4-2-3-5-17(16)30/h6-7,10,12,16-17,30-31H,2-5,8-9,11H2,1H3,(H,27,29)/t12?,16-,17-/m1/s1. The van der Waals surface area contributed by atoms with Crippen molar-refractivity contribution >= 4 is 5.82 Å². The first-order valence-electron chi connectivity index (χ1n) is 11.1. The van der Waals surface area contributed by atoms with Crippen molar-refractivity contribution in [3.8, 4) is 17.0 Å². The molecule has 6 nitrogen and oxygen atoms in total. The molecule has 9 heteroatoms. The number of aromatic hydroxyl groups is 1. The van der Waals surface area contributed by atoms with Crippen LogP contribution in [0, 0.1) is 0 Å². The third-order valence-electron chi connectivity index (χ3n) is 6.89. The fourth-order valence-corrected chi connectivity index (χ4v) is 5.02. The van der Waals surface area contributed by atoms with Gasteiger partial charge >= 0.3 is 6.18 Å². The lowest BCUT2D eigenvalue weighted by atomic mass is 9.89. The molecule has 2 heterocycles. The highest BCUT2D eigenvalue weighted by atomic mass is 19.4. The molecule has 32 heavy (non-hydrogen) atoms. The summed E-state index contributed by atoms with van der Waals surface area (Å²) in [6.07, 6.45) is 0.580. The van der Waals surface area contributed by atoms with E-state index in [9.17, 15) is 23.4 Å². The maximum Gasteiger partial charge on any atom is 0.416 e. The van der Waals surface area contributed by atoms with Crippen LogP contribution in [0.5, 0.6) is 5.75 Å². The Bertz CT molecular complexity index is 1040. The molecule has 1 aliphatic heterocycles. The van der Waals surface area contributed by atoms with E-state index in [-0.39, 0.29) is 23.3 Å². The van der Waals surface area contributed by atoms with Crippen LogP contribution in [0.3, 0.4) is 0 Å². The first-order chi connectivity index (χ1) is 15.2. The summed E-state index contributed by atoms with van der Waals surface area (Å²) in [6, 6.07) is 2.78. The first-order valence-corrected chi connectivity index (χ1v) is 11.1. The van der Waals surface area contributed by atoms with Crippen LogP contribution in [0.15, 0.2) is 18.2 Å². The maximum atomic E-state index is 13.1. The van der Waals surface area contributed by atoms with Crippen molar-refractivity contribution in [3.63, 3.8) is 0 Å². The predicted molar refractivity (Wildman–Crippen MR) is 111 cm³/mol. The molecule has 1 unspecified atom stereocenters. The molecule has 0 amide bonds. The highest BCUT2D eigenvalue weighted by molar-refractivity contribution is 5.73. The van der Waals surface area contributed by atoms with Crippen LogP contribution in [-0.4, -0.2) is 38.2 Å². The van der Waals surface area contributed by atoms with Crippen molar-refractivity contribution in [2.24, 2.45) is 0 Å². The van der Waals surface area contributed by atoms with E-state index in [0.29, 0.717) is 17.9 Å². The van der Waals surface area contributed by atoms with Gasteiger partial charge in [0.2, 0.25) is 0 Å². The molecule has 1 aromatic heterocycles. The molecule has 1 aromatic carbocycles. The topological polar surface area (TPSA) is 87.5 Å². The molecule has 3 N–H and O–H groups in total. The van der Waals surface area contributed by atoms with E-state index in [2.05, 4.69) is 15.5 Å². The SMILES string of the molecule is CC1OC2(CC2)Cc2c(-c3ccc(C(F)(F)F)cc3O)nnc(N[C@@H]3CCCC[C@H]3O)c21. The van der Waals surface area contributed by atoms with Crippen molar-refractivity contribution in [2.45, 2.75) is 81.9 Å². The van der Waals surface area contributed by atoms with Gasteiger partial charge in [-0.3, -0.25) is 0 Å². The normalized spacial score (nSPS) is 26.6. The van der Waals surface area contributed by atoms with Crippen molar-refractivity contribution in [1.82, 2.24) is 10.2 Å². The molecule has 5 rings (SSSR count). The Morgan fingerprint density at radius 1 is 1.16 bits per heavy atom. The first kappa shape index (κ1) is 21.5. The maximum absolute atomic E-state index is 13.1. The quantitative estimate of drug-likeness (QED) is 0.627. The van der Waals surface area contributed by atoms with Crippen LogP contribution >= 0.6 is 0 Å². The van der Waals surface area contributed by atoms with Crippen molar-refractivity contribution in [2.75, 3.05) is 5.32 Å². The number of aromatic nitrogens is 2. The molecule has 3 aliphatic rings. The fourth-order valence-electron chi connectivity index (χ4n) is 5.02. The lowest BCUT2D eigenvalue weighted by molar-refractivity contribution is -0.137. The molecule has 0 bridgehead atoms. The summed E-state index contributed by atoms with van der Waals surface area (Å²) in [7, 11) is 0. The van der Waals surface area contributed by atoms with E-state index in [1.807, 2.05) is 6.92 Å². The number of phenols is 1. The Kier molecular flexibility index (Phi) is 5.09. The summed E-state index contributed by atoms with van der Waals surface area (Å²) < 4.78 is 45.4. The van der Waals surface area contributed by atoms with Crippen molar-refractivity contribution in [1.29, 1.82) is 0 Å². The average molecular weight is 449 g/mol. The molecule has 1 spiro atoms. The van der Waals surface area contributed by atoms with Gasteiger partial charge in [-0.25, -0.2) is 0 Å². The van der Waals surface area contributed by atoms with Crippen molar-refractivity contribution < 1.29 is 28.1 Å². The zero-order valence-electron chi connectivity index (χ0n) is 17.7. The number of anilines is 1. The lowest BCUT2D eigenvalue weighted by Gasteiger charge is -2.35. The number of alkyl halides is 3. The molecule has 2 aromatic rings. The Hall–Kier alpha value is -2.39. The van der Waals surface area contributed by atoms with E-state index in [1.54, 1.807) is 0 Å². The van der Waals surface area contributed by atoms with Crippen LogP contribution in [-0.2, 0) is 17.3 Å². The number of rotatable bonds is 3. The number of halogens is 3. The second kappa shape index (κ2) is 7.59. The van der Waals surface area contributed by atoms with Gasteiger partial charge in [-0.15, -0.1) is 10.2 Å². The highest BCUT2D eigenvalue weighted by Crippen LogP contribution is 2.53.